The molecular formula is C24H38O4. The van der Waals surface area contributed by atoms with Crippen LogP contribution in [0.3, 0.4) is 0 Å². The summed E-state index contributed by atoms with van der Waals surface area (Å²) in [7, 11) is 0. The highest BCUT2D eigenvalue weighted by molar-refractivity contribution is 5.83. The number of hydrogen-bond acceptors (Lipinski definition) is 3. The van der Waals surface area contributed by atoms with Crippen LogP contribution in [0.2, 0.25) is 0 Å². The van der Waals surface area contributed by atoms with Gasteiger partial charge in [-0.15, -0.1) is 0 Å². The summed E-state index contributed by atoms with van der Waals surface area (Å²) < 4.78 is 0. The van der Waals surface area contributed by atoms with Gasteiger partial charge in [-0.05, 0) is 91.8 Å². The topological polar surface area (TPSA) is 74.6 Å². The fraction of sp³-hybridized carbons (Fsp3) is 0.917. The van der Waals surface area contributed by atoms with E-state index in [0.717, 1.165) is 44.9 Å². The molecule has 158 valence electrons. The second-order valence-corrected chi connectivity index (χ2v) is 11.2. The van der Waals surface area contributed by atoms with E-state index >= 15 is 0 Å². The van der Waals surface area contributed by atoms with E-state index in [2.05, 4.69) is 20.8 Å². The number of aliphatic carboxylic acids is 1. The summed E-state index contributed by atoms with van der Waals surface area (Å²) in [6, 6.07) is 0. The lowest BCUT2D eigenvalue weighted by Crippen LogP contribution is -2.57. The third-order valence-electron chi connectivity index (χ3n) is 10.0. The summed E-state index contributed by atoms with van der Waals surface area (Å²) in [4.78, 5) is 24.4. The molecule has 0 aliphatic heterocycles. The van der Waals surface area contributed by atoms with Crippen molar-refractivity contribution in [2.24, 2.45) is 46.3 Å². The Labute approximate surface area is 169 Å². The maximum absolute atomic E-state index is 13.3. The number of rotatable bonds is 4. The van der Waals surface area contributed by atoms with Gasteiger partial charge in [0.15, 0.2) is 0 Å². The molecule has 4 nitrogen and oxygen atoms in total. The molecule has 0 unspecified atom stereocenters. The third-order valence-corrected chi connectivity index (χ3v) is 10.0. The lowest BCUT2D eigenvalue weighted by molar-refractivity contribution is -0.160. The minimum absolute atomic E-state index is 0.187. The molecule has 4 rings (SSSR count). The first kappa shape index (κ1) is 20.4. The molecule has 0 aromatic rings. The van der Waals surface area contributed by atoms with Crippen LogP contribution in [0, 0.1) is 46.3 Å². The lowest BCUT2D eigenvalue weighted by atomic mass is 9.44. The highest BCUT2D eigenvalue weighted by atomic mass is 16.4. The minimum atomic E-state index is -0.698. The Bertz CT molecular complexity index is 645. The van der Waals surface area contributed by atoms with Gasteiger partial charge in [0.05, 0.1) is 6.10 Å². The Morgan fingerprint density at radius 3 is 2.50 bits per heavy atom. The van der Waals surface area contributed by atoms with Crippen LogP contribution in [0.15, 0.2) is 0 Å². The number of carboxylic acid groups (broad SMARTS) is 1. The molecule has 0 saturated heterocycles. The van der Waals surface area contributed by atoms with Crippen molar-refractivity contribution in [2.75, 3.05) is 0 Å². The van der Waals surface area contributed by atoms with E-state index in [1.807, 2.05) is 0 Å². The Morgan fingerprint density at radius 1 is 1.11 bits per heavy atom. The quantitative estimate of drug-likeness (QED) is 0.730. The van der Waals surface area contributed by atoms with Crippen LogP contribution in [-0.4, -0.2) is 28.1 Å². The highest BCUT2D eigenvalue weighted by Gasteiger charge is 2.62. The molecule has 0 amide bonds. The van der Waals surface area contributed by atoms with Crippen molar-refractivity contribution in [3.8, 4) is 0 Å². The van der Waals surface area contributed by atoms with Gasteiger partial charge in [-0.2, -0.15) is 0 Å². The van der Waals surface area contributed by atoms with Crippen LogP contribution >= 0.6 is 0 Å². The minimum Gasteiger partial charge on any atom is -0.481 e. The number of carbonyl (C=O) groups is 2. The van der Waals surface area contributed by atoms with Crippen LogP contribution < -0.4 is 0 Å². The number of aliphatic hydroxyl groups is 1. The van der Waals surface area contributed by atoms with Crippen LogP contribution in [0.1, 0.15) is 85.0 Å². The SMILES string of the molecule is C[C@H](CCC(=O)O)[C@@H]1CC[C@@H]2[C@H]3C(=O)C[C@H]4C[C@@H](O)CC[C@]4(C)[C@@H]3CC[C@@]21C. The van der Waals surface area contributed by atoms with E-state index in [1.54, 1.807) is 0 Å². The van der Waals surface area contributed by atoms with E-state index in [9.17, 15) is 14.7 Å². The van der Waals surface area contributed by atoms with Crippen LogP contribution in [0.25, 0.3) is 0 Å². The van der Waals surface area contributed by atoms with Crippen molar-refractivity contribution < 1.29 is 19.8 Å². The number of fused-ring (bicyclic) bond motifs is 5. The van der Waals surface area contributed by atoms with Crippen LogP contribution in [0.5, 0.6) is 0 Å². The van der Waals surface area contributed by atoms with Gasteiger partial charge in [0.1, 0.15) is 5.78 Å². The molecule has 0 radical (unpaired) electrons. The van der Waals surface area contributed by atoms with E-state index in [1.165, 1.54) is 6.42 Å². The van der Waals surface area contributed by atoms with Crippen molar-refractivity contribution in [3.63, 3.8) is 0 Å². The van der Waals surface area contributed by atoms with Crippen LogP contribution in [0.4, 0.5) is 0 Å². The first-order valence-electron chi connectivity index (χ1n) is 11.6. The Balaban J connectivity index is 1.56. The van der Waals surface area contributed by atoms with Gasteiger partial charge in [0.2, 0.25) is 0 Å². The standard InChI is InChI=1S/C24H38O4/c1-14(4-7-21(27)28)17-5-6-18-22-19(9-11-24(17,18)3)23(2)10-8-16(25)12-15(23)13-20(22)26/h14-19,22,25H,4-13H2,1-3H3,(H,27,28)/t14-,15-,16+,17+,18-,19-,22-,23+,24-/m1/s1. The molecule has 0 heterocycles. The average Bonchev–Trinajstić information content (AvgIpc) is 2.98. The van der Waals surface area contributed by atoms with Gasteiger partial charge in [-0.25, -0.2) is 0 Å². The predicted octanol–water partition coefficient (Wildman–Crippen LogP) is 4.69. The zero-order chi connectivity index (χ0) is 20.3. The number of hydrogen-bond donors (Lipinski definition) is 2. The van der Waals surface area contributed by atoms with Crippen molar-refractivity contribution >= 4 is 11.8 Å². The maximum Gasteiger partial charge on any atom is 0.303 e. The Morgan fingerprint density at radius 2 is 1.79 bits per heavy atom. The van der Waals surface area contributed by atoms with Crippen molar-refractivity contribution in [1.29, 1.82) is 0 Å². The first-order valence-corrected chi connectivity index (χ1v) is 11.6. The normalized spacial score (nSPS) is 49.1. The number of Topliss-reactive ketones (excluding diaryl/α,β-unsaturated/α-hetero) is 1. The Kier molecular flexibility index (Phi) is 5.17. The summed E-state index contributed by atoms with van der Waals surface area (Å²) in [5.41, 5.74) is 0.401. The average molecular weight is 391 g/mol. The fourth-order valence-electron chi connectivity index (χ4n) is 8.44. The third kappa shape index (κ3) is 3.05. The molecule has 0 aromatic carbocycles. The molecule has 4 aliphatic carbocycles. The number of carbonyl (C=O) groups excluding carboxylic acids is 1. The molecule has 4 aliphatic rings. The van der Waals surface area contributed by atoms with Crippen molar-refractivity contribution in [1.82, 2.24) is 0 Å². The van der Waals surface area contributed by atoms with E-state index in [-0.39, 0.29) is 29.3 Å². The van der Waals surface area contributed by atoms with Gasteiger partial charge in [-0.3, -0.25) is 9.59 Å². The van der Waals surface area contributed by atoms with Gasteiger partial charge >= 0.3 is 5.97 Å². The molecule has 0 aromatic heterocycles. The second-order valence-electron chi connectivity index (χ2n) is 11.2. The van der Waals surface area contributed by atoms with Gasteiger partial charge in [-0.1, -0.05) is 20.8 Å². The molecule has 4 fully saturated rings. The number of aliphatic hydroxyl groups excluding tert-OH is 1. The molecule has 0 spiro atoms. The fourth-order valence-corrected chi connectivity index (χ4v) is 8.44. The van der Waals surface area contributed by atoms with Crippen LogP contribution in [-0.2, 0) is 9.59 Å². The molecule has 9 atom stereocenters. The molecule has 4 saturated carbocycles. The summed E-state index contributed by atoms with van der Waals surface area (Å²) in [5, 5.41) is 19.3. The van der Waals surface area contributed by atoms with Crippen molar-refractivity contribution in [2.45, 2.75) is 91.1 Å². The summed E-state index contributed by atoms with van der Waals surface area (Å²) in [6.07, 6.45) is 8.81. The molecule has 2 N–H and O–H groups in total. The maximum atomic E-state index is 13.3. The lowest BCUT2D eigenvalue weighted by Gasteiger charge is -2.60. The highest BCUT2D eigenvalue weighted by Crippen LogP contribution is 2.67. The summed E-state index contributed by atoms with van der Waals surface area (Å²) in [6.45, 7) is 7.06. The predicted molar refractivity (Wildman–Crippen MR) is 108 cm³/mol. The zero-order valence-corrected chi connectivity index (χ0v) is 17.8. The number of ketones is 1. The van der Waals surface area contributed by atoms with Gasteiger partial charge in [0.25, 0.3) is 0 Å². The smallest absolute Gasteiger partial charge is 0.303 e. The summed E-state index contributed by atoms with van der Waals surface area (Å²) >= 11 is 0. The molecule has 4 heteroatoms. The molecule has 0 bridgehead atoms. The van der Waals surface area contributed by atoms with E-state index in [4.69, 9.17) is 5.11 Å². The Hall–Kier alpha value is -0.900. The molecule has 28 heavy (non-hydrogen) atoms. The first-order chi connectivity index (χ1) is 13.2. The molecular weight excluding hydrogens is 352 g/mol. The van der Waals surface area contributed by atoms with E-state index in [0.29, 0.717) is 41.8 Å². The summed E-state index contributed by atoms with van der Waals surface area (Å²) in [5.74, 6) is 2.25. The monoisotopic (exact) mass is 390 g/mol. The zero-order valence-electron chi connectivity index (χ0n) is 17.8. The van der Waals surface area contributed by atoms with E-state index < -0.39 is 5.97 Å². The van der Waals surface area contributed by atoms with Gasteiger partial charge in [0, 0.05) is 18.8 Å². The number of carboxylic acids is 1. The second kappa shape index (κ2) is 7.11. The largest absolute Gasteiger partial charge is 0.481 e. The van der Waals surface area contributed by atoms with Gasteiger partial charge < -0.3 is 10.2 Å². The van der Waals surface area contributed by atoms with Crippen molar-refractivity contribution in [3.05, 3.63) is 0 Å².